The molecule has 2 saturated heterocycles. The molecule has 106 heavy (non-hydrogen) atoms. The number of amides is 10. The Morgan fingerprint density at radius 2 is 0.972 bits per heavy atom. The lowest BCUT2D eigenvalue weighted by Gasteiger charge is -2.46. The molecule has 600 valence electrons. The van der Waals surface area contributed by atoms with Crippen LogP contribution in [-0.2, 0) is 58.0 Å². The summed E-state index contributed by atoms with van der Waals surface area (Å²) < 4.78 is 54.0. The largest absolute Gasteiger partial charge is 0.347 e. The maximum absolute atomic E-state index is 16.3. The minimum Gasteiger partial charge on any atom is -0.347 e. The molecule has 0 radical (unpaired) electrons. The Hall–Kier alpha value is -5.40. The van der Waals surface area contributed by atoms with Crippen molar-refractivity contribution >= 4 is 78.7 Å². The van der Waals surface area contributed by atoms with Gasteiger partial charge in [-0.25, -0.2) is 26.4 Å². The van der Waals surface area contributed by atoms with Crippen LogP contribution in [0.15, 0.2) is 0 Å². The zero-order chi connectivity index (χ0) is 77.5. The van der Waals surface area contributed by atoms with Gasteiger partial charge in [0.25, 0.3) is 11.8 Å². The molecule has 11 atom stereocenters. The Morgan fingerprint density at radius 3 is 1.44 bits per heavy atom. The molecule has 9 aliphatic rings. The molecule has 0 aromatic rings. The zero-order valence-electron chi connectivity index (χ0n) is 66.4. The fourth-order valence-electron chi connectivity index (χ4n) is 18.6. The SMILES string of the molecule is CCCC[C@H](NC(=O)[C@@H]1[C@@H](CC(C)C)CCN1C(=O)[C@@H](NC(=O)NC1(CS(=O)(=O)C(C)(C)C)CCCCC1)C1(C)CCCC(CC(C)[C@@H]2C[C@@H](C(=O)N[C@@H](CCC3CC3)C(=O)C(=O)NC3CC3)N(C(=O)[C@@H](NC(=O)NC3(CS(=O)(=O)C(C)(C)C)CCCCC3)C3(C)CCCCC3)C2)C1)C(=O)C(=O)NC1CC1. The Labute approximate surface area is 633 Å². The third-order valence-electron chi connectivity index (χ3n) is 26.0. The maximum Gasteiger partial charge on any atom is 0.315 e. The quantitative estimate of drug-likeness (QED) is 0.0284. The summed E-state index contributed by atoms with van der Waals surface area (Å²) in [6.45, 7) is 22.4. The summed E-state index contributed by atoms with van der Waals surface area (Å²) in [6, 6.07) is -8.39. The van der Waals surface area contributed by atoms with Crippen molar-refractivity contribution in [3.8, 4) is 0 Å². The standard InChI is InChI=1S/C80H134N10O14S2/c1-13-14-26-59(63(91)69(95)81-57-30-31-57)84-68(94)62-55(44-51(2)3)35-43-89(62)71(97)66(86-74(100)88-80(41-22-17-23-42-80)50-106(103,104)76(8,9)10)78(12)38-24-25-54(47-78)45-52(4)56-46-61(67(93)83-60(34-29-53-27-28-53)64(92)70(96)82-58-32-33-58)90(48-56)72(98)65(77(11)36-18-15-19-37-77)85-73(99)87-79(39-20-16-21-40-79)49-105(101,102)75(5,6)7/h51-62,65-66H,13-50H2,1-12H3,(H,81,95)(H,82,96)(H,83,93)(H,84,94)(H2,85,87,99)(H2,86,88,100)/t52?,54?,55-,56-,59+,60+,61+,62+,65-,66-,78?/m1/s1. The number of nitrogens with one attached hydrogen (secondary N) is 8. The van der Waals surface area contributed by atoms with Gasteiger partial charge in [-0.15, -0.1) is 0 Å². The Morgan fingerprint density at radius 1 is 0.509 bits per heavy atom. The molecule has 9 rings (SSSR count). The molecule has 0 bridgehead atoms. The van der Waals surface area contributed by atoms with E-state index in [2.05, 4.69) is 49.5 Å². The van der Waals surface area contributed by atoms with E-state index in [-0.39, 0.29) is 85.5 Å². The lowest BCUT2D eigenvalue weighted by atomic mass is 9.64. The van der Waals surface area contributed by atoms with E-state index in [1.165, 1.54) is 0 Å². The highest BCUT2D eigenvalue weighted by molar-refractivity contribution is 7.93. The highest BCUT2D eigenvalue weighted by atomic mass is 32.2. The van der Waals surface area contributed by atoms with Crippen molar-refractivity contribution in [3.05, 3.63) is 0 Å². The van der Waals surface area contributed by atoms with E-state index in [4.69, 9.17) is 0 Å². The summed E-state index contributed by atoms with van der Waals surface area (Å²) in [7, 11) is -7.49. The van der Waals surface area contributed by atoms with Crippen molar-refractivity contribution in [2.75, 3.05) is 24.6 Å². The van der Waals surface area contributed by atoms with Crippen LogP contribution < -0.4 is 42.5 Å². The van der Waals surface area contributed by atoms with Crippen molar-refractivity contribution in [1.82, 2.24) is 52.3 Å². The monoisotopic (exact) mass is 1520 g/mol. The molecular weight excluding hydrogens is 1390 g/mol. The smallest absolute Gasteiger partial charge is 0.315 e. The summed E-state index contributed by atoms with van der Waals surface area (Å²) in [5, 5.41) is 24.2. The molecule has 0 aromatic carbocycles. The molecule has 26 heteroatoms. The first-order valence-electron chi connectivity index (χ1n) is 41.2. The van der Waals surface area contributed by atoms with Gasteiger partial charge < -0.3 is 52.3 Å². The van der Waals surface area contributed by atoms with Gasteiger partial charge in [-0.1, -0.05) is 138 Å². The number of sulfone groups is 2. The van der Waals surface area contributed by atoms with Gasteiger partial charge in [-0.2, -0.15) is 0 Å². The maximum atomic E-state index is 16.3. The van der Waals surface area contributed by atoms with Crippen molar-refractivity contribution in [2.24, 2.45) is 46.3 Å². The minimum absolute atomic E-state index is 0.0880. The van der Waals surface area contributed by atoms with Crippen molar-refractivity contribution in [3.63, 3.8) is 0 Å². The van der Waals surface area contributed by atoms with Gasteiger partial charge in [-0.05, 0) is 210 Å². The number of unbranched alkanes of at least 4 members (excludes halogenated alkanes) is 1. The van der Waals surface area contributed by atoms with Gasteiger partial charge in [0.2, 0.25) is 35.2 Å². The van der Waals surface area contributed by atoms with E-state index in [9.17, 15) is 40.8 Å². The summed E-state index contributed by atoms with van der Waals surface area (Å²) in [4.78, 5) is 152. The van der Waals surface area contributed by atoms with Crippen molar-refractivity contribution in [2.45, 2.75) is 370 Å². The van der Waals surface area contributed by atoms with Crippen LogP contribution in [0.5, 0.6) is 0 Å². The molecule has 2 aliphatic heterocycles. The predicted octanol–water partition coefficient (Wildman–Crippen LogP) is 9.87. The van der Waals surface area contributed by atoms with Crippen molar-refractivity contribution in [1.29, 1.82) is 0 Å². The molecule has 8 N–H and O–H groups in total. The second-order valence-corrected chi connectivity index (χ2v) is 43.2. The Kier molecular flexibility index (Phi) is 27.8. The topological polar surface area (TPSA) is 342 Å². The van der Waals surface area contributed by atoms with Crippen LogP contribution in [0.2, 0.25) is 0 Å². The molecular formula is C80H134N10O14S2. The number of ketones is 2. The third kappa shape index (κ3) is 21.8. The van der Waals surface area contributed by atoms with Gasteiger partial charge in [0.05, 0.1) is 44.2 Å². The highest BCUT2D eigenvalue weighted by Crippen LogP contribution is 2.48. The van der Waals surface area contributed by atoms with Crippen LogP contribution in [-0.4, -0.2) is 179 Å². The highest BCUT2D eigenvalue weighted by Gasteiger charge is 2.55. The first-order valence-corrected chi connectivity index (χ1v) is 44.5. The summed E-state index contributed by atoms with van der Waals surface area (Å²) in [5.41, 5.74) is -3.96. The second-order valence-electron chi connectivity index (χ2n) is 37.7. The van der Waals surface area contributed by atoms with Crippen LogP contribution in [0, 0.1) is 46.3 Å². The molecule has 9 fully saturated rings. The van der Waals surface area contributed by atoms with Crippen LogP contribution >= 0.6 is 0 Å². The normalized spacial score (nSPS) is 26.9. The number of likely N-dealkylation sites (tertiary alicyclic amines) is 2. The third-order valence-corrected chi connectivity index (χ3v) is 31.5. The van der Waals surface area contributed by atoms with E-state index in [0.717, 1.165) is 77.0 Å². The van der Waals surface area contributed by atoms with E-state index in [1.807, 2.05) is 34.6 Å². The molecule has 2 heterocycles. The molecule has 0 aromatic heterocycles. The average molecular weight is 1520 g/mol. The first-order chi connectivity index (χ1) is 49.7. The number of urea groups is 2. The summed E-state index contributed by atoms with van der Waals surface area (Å²) in [5.74, 6) is -6.05. The average Bonchev–Trinajstić information content (AvgIpc) is 1.38. The van der Waals surface area contributed by atoms with Gasteiger partial charge >= 0.3 is 12.1 Å². The number of rotatable bonds is 33. The van der Waals surface area contributed by atoms with Crippen molar-refractivity contribution < 1.29 is 64.8 Å². The first kappa shape index (κ1) is 84.6. The fourth-order valence-corrected chi connectivity index (χ4v) is 21.6. The van der Waals surface area contributed by atoms with E-state index >= 15 is 24.0 Å². The number of hydrogen-bond donors (Lipinski definition) is 8. The van der Waals surface area contributed by atoms with Crippen LogP contribution in [0.3, 0.4) is 0 Å². The van der Waals surface area contributed by atoms with E-state index in [1.54, 1.807) is 51.3 Å². The second kappa shape index (κ2) is 34.9. The number of carbonyl (C=O) groups is 10. The fraction of sp³-hybridized carbons (Fsp3) is 0.875. The van der Waals surface area contributed by atoms with Gasteiger partial charge in [0.15, 0.2) is 19.7 Å². The van der Waals surface area contributed by atoms with Crippen LogP contribution in [0.4, 0.5) is 9.59 Å². The van der Waals surface area contributed by atoms with E-state index in [0.29, 0.717) is 128 Å². The Bertz CT molecular complexity index is 3390. The number of carbonyl (C=O) groups excluding carboxylic acids is 10. The molecule has 0 spiro atoms. The zero-order valence-corrected chi connectivity index (χ0v) is 68.0. The summed E-state index contributed by atoms with van der Waals surface area (Å²) >= 11 is 0. The number of nitrogens with zero attached hydrogens (tertiary/aromatic N) is 2. The lowest BCUT2D eigenvalue weighted by molar-refractivity contribution is -0.145. The number of Topliss-reactive ketones (excluding diaryl/α,β-unsaturated/α-hetero) is 2. The van der Waals surface area contributed by atoms with Crippen LogP contribution in [0.25, 0.3) is 0 Å². The molecule has 7 aliphatic carbocycles. The summed E-state index contributed by atoms with van der Waals surface area (Å²) in [6.07, 6.45) is 21.4. The molecule has 7 saturated carbocycles. The van der Waals surface area contributed by atoms with Gasteiger partial charge in [-0.3, -0.25) is 38.4 Å². The molecule has 3 unspecified atom stereocenters. The van der Waals surface area contributed by atoms with Gasteiger partial charge in [0, 0.05) is 25.2 Å². The van der Waals surface area contributed by atoms with E-state index < -0.39 is 146 Å². The molecule has 24 nitrogen and oxygen atoms in total. The Balaban J connectivity index is 1.03. The molecule has 10 amide bonds. The lowest BCUT2D eigenvalue weighted by Crippen LogP contribution is -2.65. The number of hydrogen-bond acceptors (Lipinski definition) is 14. The van der Waals surface area contributed by atoms with Crippen LogP contribution in [0.1, 0.15) is 301 Å². The van der Waals surface area contributed by atoms with Gasteiger partial charge in [0.1, 0.15) is 24.2 Å². The minimum atomic E-state index is -3.77. The predicted molar refractivity (Wildman–Crippen MR) is 409 cm³/mol.